The minimum atomic E-state index is -0.630. The first-order chi connectivity index (χ1) is 10.7. The third kappa shape index (κ3) is 2.56. The van der Waals surface area contributed by atoms with E-state index in [1.54, 1.807) is 42.5 Å². The van der Waals surface area contributed by atoms with Gasteiger partial charge in [0.2, 0.25) is 5.76 Å². The molecule has 2 aromatic carbocycles. The van der Waals surface area contributed by atoms with Crippen LogP contribution in [-0.2, 0) is 9.53 Å². The summed E-state index contributed by atoms with van der Waals surface area (Å²) in [6.45, 7) is 0. The van der Waals surface area contributed by atoms with Crippen molar-refractivity contribution in [3.05, 3.63) is 71.7 Å². The molecule has 110 valence electrons. The summed E-state index contributed by atoms with van der Waals surface area (Å²) in [6, 6.07) is 13.7. The molecule has 0 bridgehead atoms. The normalized spacial score (nSPS) is 12.3. The highest BCUT2D eigenvalue weighted by molar-refractivity contribution is 6.09. The number of ether oxygens (including phenoxy) is 3. The fraction of sp³-hybridized carbons (Fsp3) is 0.0588. The third-order valence-corrected chi connectivity index (χ3v) is 3.14. The van der Waals surface area contributed by atoms with Gasteiger partial charge < -0.3 is 14.2 Å². The molecule has 0 saturated carbocycles. The lowest BCUT2D eigenvalue weighted by Gasteiger charge is -2.17. The third-order valence-electron chi connectivity index (χ3n) is 3.14. The summed E-state index contributed by atoms with van der Waals surface area (Å²) in [4.78, 5) is 23.8. The number of rotatable bonds is 3. The molecule has 1 aliphatic rings. The topological polar surface area (TPSA) is 61.8 Å². The van der Waals surface area contributed by atoms with Gasteiger partial charge in [0, 0.05) is 11.1 Å². The Kier molecular flexibility index (Phi) is 3.62. The highest BCUT2D eigenvalue weighted by atomic mass is 16.6. The molecule has 1 aliphatic heterocycles. The molecule has 3 rings (SSSR count). The number of ketones is 1. The zero-order valence-electron chi connectivity index (χ0n) is 11.7. The van der Waals surface area contributed by atoms with Crippen molar-refractivity contribution in [3.63, 3.8) is 0 Å². The van der Waals surface area contributed by atoms with Gasteiger partial charge in [0.15, 0.2) is 17.3 Å². The van der Waals surface area contributed by atoms with Crippen LogP contribution in [0.2, 0.25) is 0 Å². The molecule has 0 saturated heterocycles. The molecule has 0 radical (unpaired) electrons. The molecule has 0 unspecified atom stereocenters. The van der Waals surface area contributed by atoms with Crippen LogP contribution in [0.3, 0.4) is 0 Å². The predicted molar refractivity (Wildman–Crippen MR) is 77.7 cm³/mol. The van der Waals surface area contributed by atoms with Crippen LogP contribution in [0, 0.1) is 0 Å². The van der Waals surface area contributed by atoms with E-state index in [9.17, 15) is 9.59 Å². The number of esters is 1. The standard InChI is InChI=1S/C17H12O5/c1-20-17(19)15-10-21-14-9-12(7-8-13(14)22-15)16(18)11-5-3-2-4-6-11/h2-10H,1H3. The van der Waals surface area contributed by atoms with Gasteiger partial charge in [0.05, 0.1) is 7.11 Å². The SMILES string of the molecule is COC(=O)C1=COc2cc(C(=O)c3ccccc3)ccc2O1. The summed E-state index contributed by atoms with van der Waals surface area (Å²) in [5.74, 6) is -0.0658. The summed E-state index contributed by atoms with van der Waals surface area (Å²) in [7, 11) is 1.25. The van der Waals surface area contributed by atoms with E-state index in [1.165, 1.54) is 7.11 Å². The van der Waals surface area contributed by atoms with Crippen LogP contribution in [0.4, 0.5) is 0 Å². The smallest absolute Gasteiger partial charge is 0.377 e. The number of fused-ring (bicyclic) bond motifs is 1. The number of hydrogen-bond acceptors (Lipinski definition) is 5. The van der Waals surface area contributed by atoms with Gasteiger partial charge in [-0.2, -0.15) is 0 Å². The Morgan fingerprint density at radius 1 is 0.955 bits per heavy atom. The second kappa shape index (κ2) is 5.73. The van der Waals surface area contributed by atoms with Crippen molar-refractivity contribution in [1.29, 1.82) is 0 Å². The van der Waals surface area contributed by atoms with E-state index in [2.05, 4.69) is 4.74 Å². The van der Waals surface area contributed by atoms with Crippen molar-refractivity contribution in [2.24, 2.45) is 0 Å². The predicted octanol–water partition coefficient (Wildman–Crippen LogP) is 2.70. The molecular weight excluding hydrogens is 284 g/mol. The maximum atomic E-state index is 12.4. The number of methoxy groups -OCH3 is 1. The maximum Gasteiger partial charge on any atom is 0.377 e. The first-order valence-corrected chi connectivity index (χ1v) is 6.56. The molecule has 0 amide bonds. The van der Waals surface area contributed by atoms with Crippen LogP contribution in [0.1, 0.15) is 15.9 Å². The first kappa shape index (κ1) is 13.9. The van der Waals surface area contributed by atoms with E-state index in [4.69, 9.17) is 9.47 Å². The number of benzene rings is 2. The Hall–Kier alpha value is -3.08. The van der Waals surface area contributed by atoms with Gasteiger partial charge in [-0.15, -0.1) is 0 Å². The van der Waals surface area contributed by atoms with E-state index in [-0.39, 0.29) is 11.5 Å². The molecule has 0 aromatic heterocycles. The van der Waals surface area contributed by atoms with Crippen molar-refractivity contribution >= 4 is 11.8 Å². The zero-order chi connectivity index (χ0) is 15.5. The molecule has 5 nitrogen and oxygen atoms in total. The average Bonchev–Trinajstić information content (AvgIpc) is 2.60. The summed E-state index contributed by atoms with van der Waals surface area (Å²) in [6.07, 6.45) is 1.16. The van der Waals surface area contributed by atoms with E-state index in [1.807, 2.05) is 6.07 Å². The number of carbonyl (C=O) groups excluding carboxylic acids is 2. The van der Waals surface area contributed by atoms with Gasteiger partial charge in [0.25, 0.3) is 0 Å². The molecule has 2 aromatic rings. The molecule has 0 aliphatic carbocycles. The van der Waals surface area contributed by atoms with Crippen LogP contribution >= 0.6 is 0 Å². The Labute approximate surface area is 126 Å². The van der Waals surface area contributed by atoms with Crippen molar-refractivity contribution in [2.45, 2.75) is 0 Å². The Morgan fingerprint density at radius 3 is 2.45 bits per heavy atom. The second-order valence-electron chi connectivity index (χ2n) is 4.55. The number of hydrogen-bond donors (Lipinski definition) is 0. The van der Waals surface area contributed by atoms with Gasteiger partial charge in [-0.25, -0.2) is 4.79 Å². The van der Waals surface area contributed by atoms with Gasteiger partial charge in [-0.1, -0.05) is 30.3 Å². The summed E-state index contributed by atoms with van der Waals surface area (Å²) < 4.78 is 15.3. The maximum absolute atomic E-state index is 12.4. The van der Waals surface area contributed by atoms with Gasteiger partial charge in [0.1, 0.15) is 6.26 Å². The summed E-state index contributed by atoms with van der Waals surface area (Å²) in [5.41, 5.74) is 1.06. The van der Waals surface area contributed by atoms with Crippen molar-refractivity contribution in [1.82, 2.24) is 0 Å². The minimum Gasteiger partial charge on any atom is -0.463 e. The van der Waals surface area contributed by atoms with Gasteiger partial charge in [-0.3, -0.25) is 4.79 Å². The Bertz CT molecular complexity index is 762. The summed E-state index contributed by atoms with van der Waals surface area (Å²) in [5, 5.41) is 0. The molecule has 0 fully saturated rings. The highest BCUT2D eigenvalue weighted by Gasteiger charge is 2.22. The van der Waals surface area contributed by atoms with E-state index >= 15 is 0 Å². The largest absolute Gasteiger partial charge is 0.463 e. The second-order valence-corrected chi connectivity index (χ2v) is 4.55. The van der Waals surface area contributed by atoms with Crippen LogP contribution in [0.25, 0.3) is 0 Å². The quantitative estimate of drug-likeness (QED) is 0.643. The highest BCUT2D eigenvalue weighted by Crippen LogP contribution is 2.34. The summed E-state index contributed by atoms with van der Waals surface area (Å²) >= 11 is 0. The fourth-order valence-corrected chi connectivity index (χ4v) is 2.03. The van der Waals surface area contributed by atoms with Crippen LogP contribution < -0.4 is 9.47 Å². The van der Waals surface area contributed by atoms with Gasteiger partial charge in [-0.05, 0) is 18.2 Å². The van der Waals surface area contributed by atoms with Crippen molar-refractivity contribution < 1.29 is 23.8 Å². The van der Waals surface area contributed by atoms with E-state index < -0.39 is 5.97 Å². The van der Waals surface area contributed by atoms with E-state index in [0.717, 1.165) is 6.26 Å². The monoisotopic (exact) mass is 296 g/mol. The van der Waals surface area contributed by atoms with Crippen molar-refractivity contribution in [3.8, 4) is 11.5 Å². The first-order valence-electron chi connectivity index (χ1n) is 6.56. The molecule has 0 spiro atoms. The Balaban J connectivity index is 1.87. The van der Waals surface area contributed by atoms with Gasteiger partial charge >= 0.3 is 5.97 Å². The van der Waals surface area contributed by atoms with E-state index in [0.29, 0.717) is 22.6 Å². The van der Waals surface area contributed by atoms with Crippen LogP contribution in [-0.4, -0.2) is 18.9 Å². The molecule has 1 heterocycles. The molecule has 22 heavy (non-hydrogen) atoms. The van der Waals surface area contributed by atoms with Crippen LogP contribution in [0.5, 0.6) is 11.5 Å². The molecule has 0 N–H and O–H groups in total. The average molecular weight is 296 g/mol. The van der Waals surface area contributed by atoms with Crippen LogP contribution in [0.15, 0.2) is 60.6 Å². The lowest BCUT2D eigenvalue weighted by molar-refractivity contribution is -0.138. The molecule has 0 atom stereocenters. The fourth-order valence-electron chi connectivity index (χ4n) is 2.03. The molecular formula is C17H12O5. The minimum absolute atomic E-state index is 0.0443. The van der Waals surface area contributed by atoms with Crippen molar-refractivity contribution in [2.75, 3.05) is 7.11 Å². The Morgan fingerprint density at radius 2 is 1.73 bits per heavy atom. The molecule has 5 heteroatoms. The lowest BCUT2D eigenvalue weighted by atomic mass is 10.0. The zero-order valence-corrected chi connectivity index (χ0v) is 11.7. The lowest BCUT2D eigenvalue weighted by Crippen LogP contribution is -2.15. The number of carbonyl (C=O) groups is 2.